The molecule has 2 unspecified atom stereocenters. The van der Waals surface area contributed by atoms with Crippen LogP contribution in [0.3, 0.4) is 0 Å². The van der Waals surface area contributed by atoms with Crippen molar-refractivity contribution in [1.82, 2.24) is 0 Å². The first-order valence-electron chi connectivity index (χ1n) is 5.28. The van der Waals surface area contributed by atoms with Crippen molar-refractivity contribution in [3.05, 3.63) is 0 Å². The fourth-order valence-corrected chi connectivity index (χ4v) is 2.90. The lowest BCUT2D eigenvalue weighted by atomic mass is 9.68. The molecule has 0 aliphatic heterocycles. The summed E-state index contributed by atoms with van der Waals surface area (Å²) in [6.45, 7) is 1.97. The third-order valence-electron chi connectivity index (χ3n) is 3.87. The zero-order valence-corrected chi connectivity index (χ0v) is 8.21. The summed E-state index contributed by atoms with van der Waals surface area (Å²) in [7, 11) is 1.97. The van der Waals surface area contributed by atoms with Crippen molar-refractivity contribution < 1.29 is 5.11 Å². The Morgan fingerprint density at radius 3 is 2.42 bits per heavy atom. The van der Waals surface area contributed by atoms with Gasteiger partial charge >= 0.3 is 0 Å². The van der Waals surface area contributed by atoms with Crippen molar-refractivity contribution in [3.63, 3.8) is 0 Å². The second-order valence-electron chi connectivity index (χ2n) is 5.37. The molecule has 1 N–H and O–H groups in total. The van der Waals surface area contributed by atoms with E-state index < -0.39 is 5.50 Å². The van der Waals surface area contributed by atoms with Crippen molar-refractivity contribution >= 4 is 7.85 Å². The lowest BCUT2D eigenvalue weighted by Gasteiger charge is -2.34. The van der Waals surface area contributed by atoms with E-state index in [1.54, 1.807) is 0 Å². The number of hydrogen-bond donors (Lipinski definition) is 1. The Morgan fingerprint density at radius 1 is 1.17 bits per heavy atom. The molecule has 0 radical (unpaired) electrons. The Kier molecular flexibility index (Phi) is 1.98. The number of fused-ring (bicyclic) bond motifs is 3. The van der Waals surface area contributed by atoms with E-state index >= 15 is 0 Å². The quantitative estimate of drug-likeness (QED) is 0.579. The molecule has 2 heteroatoms. The molecule has 12 heavy (non-hydrogen) atoms. The molecule has 0 saturated heterocycles. The third kappa shape index (κ3) is 1.54. The molecular weight excluding hydrogens is 147 g/mol. The van der Waals surface area contributed by atoms with Gasteiger partial charge in [0.1, 0.15) is 7.85 Å². The molecule has 0 aromatic heterocycles. The van der Waals surface area contributed by atoms with Gasteiger partial charge in [-0.15, -0.1) is 0 Å². The van der Waals surface area contributed by atoms with E-state index in [-0.39, 0.29) is 0 Å². The van der Waals surface area contributed by atoms with Gasteiger partial charge in [0.25, 0.3) is 0 Å². The minimum Gasteiger partial charge on any atom is -0.399 e. The lowest BCUT2D eigenvalue weighted by Crippen LogP contribution is -2.35. The second-order valence-corrected chi connectivity index (χ2v) is 5.37. The van der Waals surface area contributed by atoms with E-state index in [1.807, 2.05) is 14.8 Å². The standard InChI is InChI=1S/C10H19BO/c1-10(11,12)9-3-2-7-4-8(5-7)6-9/h7-9,12H,2-6,11H2,1H3. The average Bonchev–Trinajstić information content (AvgIpc) is 2.11. The van der Waals surface area contributed by atoms with Crippen LogP contribution in [0, 0.1) is 17.8 Å². The molecule has 2 atom stereocenters. The fourth-order valence-electron chi connectivity index (χ4n) is 2.90. The van der Waals surface area contributed by atoms with Crippen LogP contribution in [-0.2, 0) is 0 Å². The summed E-state index contributed by atoms with van der Waals surface area (Å²) < 4.78 is 0. The van der Waals surface area contributed by atoms with Crippen LogP contribution in [0.25, 0.3) is 0 Å². The maximum atomic E-state index is 9.90. The predicted octanol–water partition coefficient (Wildman–Crippen LogP) is 1.15. The number of rotatable bonds is 1. The van der Waals surface area contributed by atoms with Crippen molar-refractivity contribution in [1.29, 1.82) is 0 Å². The molecule has 0 aromatic carbocycles. The molecule has 1 nitrogen and oxygen atoms in total. The molecule has 3 saturated carbocycles. The summed E-state index contributed by atoms with van der Waals surface area (Å²) in [5, 5.41) is 9.90. The van der Waals surface area contributed by atoms with Crippen molar-refractivity contribution in [2.45, 2.75) is 44.5 Å². The third-order valence-corrected chi connectivity index (χ3v) is 3.87. The molecule has 0 amide bonds. The molecule has 0 heterocycles. The van der Waals surface area contributed by atoms with Crippen LogP contribution in [0.15, 0.2) is 0 Å². The van der Waals surface area contributed by atoms with Crippen LogP contribution in [0.4, 0.5) is 0 Å². The van der Waals surface area contributed by atoms with E-state index in [9.17, 15) is 5.11 Å². The molecule has 3 aliphatic rings. The zero-order chi connectivity index (χ0) is 8.77. The van der Waals surface area contributed by atoms with Crippen LogP contribution in [0.1, 0.15) is 39.0 Å². The highest BCUT2D eigenvalue weighted by Crippen LogP contribution is 2.47. The lowest BCUT2D eigenvalue weighted by molar-refractivity contribution is 0.0641. The molecule has 68 valence electrons. The Balaban J connectivity index is 1.99. The maximum absolute atomic E-state index is 9.90. The van der Waals surface area contributed by atoms with Gasteiger partial charge in [0.15, 0.2) is 0 Å². The van der Waals surface area contributed by atoms with Gasteiger partial charge in [0.05, 0.1) is 0 Å². The SMILES string of the molecule is BC(C)(O)C1CCC2CC(C2)C1. The second kappa shape index (κ2) is 2.76. The monoisotopic (exact) mass is 166 g/mol. The molecule has 3 rings (SSSR count). The van der Waals surface area contributed by atoms with E-state index in [1.165, 1.54) is 32.1 Å². The fraction of sp³-hybridized carbons (Fsp3) is 1.00. The van der Waals surface area contributed by atoms with Crippen molar-refractivity contribution in [3.8, 4) is 0 Å². The highest BCUT2D eigenvalue weighted by Gasteiger charge is 2.39. The maximum Gasteiger partial charge on any atom is 0.142 e. The van der Waals surface area contributed by atoms with Crippen LogP contribution >= 0.6 is 0 Å². The van der Waals surface area contributed by atoms with Gasteiger partial charge in [-0.2, -0.15) is 0 Å². The molecule has 3 fully saturated rings. The minimum absolute atomic E-state index is 0.433. The van der Waals surface area contributed by atoms with Crippen LogP contribution in [-0.4, -0.2) is 18.5 Å². The topological polar surface area (TPSA) is 20.2 Å². The van der Waals surface area contributed by atoms with Crippen LogP contribution in [0.5, 0.6) is 0 Å². The Morgan fingerprint density at radius 2 is 1.83 bits per heavy atom. The smallest absolute Gasteiger partial charge is 0.142 e. The largest absolute Gasteiger partial charge is 0.399 e. The number of hydrogen-bond acceptors (Lipinski definition) is 1. The minimum atomic E-state index is -0.433. The van der Waals surface area contributed by atoms with Crippen LogP contribution < -0.4 is 0 Å². The Hall–Kier alpha value is 0.0249. The summed E-state index contributed by atoms with van der Waals surface area (Å²) in [5.74, 6) is 2.53. The highest BCUT2D eigenvalue weighted by atomic mass is 16.3. The van der Waals surface area contributed by atoms with Gasteiger partial charge in [0.2, 0.25) is 0 Å². The summed E-state index contributed by atoms with van der Waals surface area (Å²) in [6.07, 6.45) is 6.80. The van der Waals surface area contributed by atoms with Crippen LogP contribution in [0.2, 0.25) is 0 Å². The van der Waals surface area contributed by atoms with E-state index in [0.29, 0.717) is 5.92 Å². The van der Waals surface area contributed by atoms with E-state index in [2.05, 4.69) is 0 Å². The zero-order valence-electron chi connectivity index (χ0n) is 8.21. The first-order valence-corrected chi connectivity index (χ1v) is 5.28. The highest BCUT2D eigenvalue weighted by molar-refractivity contribution is 6.14. The first-order chi connectivity index (χ1) is 5.55. The average molecular weight is 166 g/mol. The Labute approximate surface area is 76.0 Å². The van der Waals surface area contributed by atoms with E-state index in [4.69, 9.17) is 0 Å². The molecule has 0 aromatic rings. The summed E-state index contributed by atoms with van der Waals surface area (Å²) in [4.78, 5) is 0. The summed E-state index contributed by atoms with van der Waals surface area (Å²) >= 11 is 0. The van der Waals surface area contributed by atoms with Gasteiger partial charge < -0.3 is 5.11 Å². The molecule has 3 aliphatic carbocycles. The molecule has 0 spiro atoms. The summed E-state index contributed by atoms with van der Waals surface area (Å²) in [6, 6.07) is 0. The predicted molar refractivity (Wildman–Crippen MR) is 52.7 cm³/mol. The van der Waals surface area contributed by atoms with Gasteiger partial charge in [-0.25, -0.2) is 0 Å². The summed E-state index contributed by atoms with van der Waals surface area (Å²) in [5.41, 5.74) is -0.433. The van der Waals surface area contributed by atoms with E-state index in [0.717, 1.165) is 11.8 Å². The van der Waals surface area contributed by atoms with Gasteiger partial charge in [-0.3, -0.25) is 0 Å². The normalized spacial score (nSPS) is 45.7. The molecular formula is C10H19BO. The first kappa shape index (κ1) is 8.62. The van der Waals surface area contributed by atoms with Crippen molar-refractivity contribution in [2.75, 3.05) is 0 Å². The number of aliphatic hydroxyl groups is 1. The Bertz CT molecular complexity index is 167. The van der Waals surface area contributed by atoms with Gasteiger partial charge in [-0.1, -0.05) is 6.42 Å². The van der Waals surface area contributed by atoms with Gasteiger partial charge in [-0.05, 0) is 50.4 Å². The van der Waals surface area contributed by atoms with Gasteiger partial charge in [0, 0.05) is 5.50 Å². The van der Waals surface area contributed by atoms with Crippen molar-refractivity contribution in [2.24, 2.45) is 17.8 Å². The molecule has 2 bridgehead atoms.